The van der Waals surface area contributed by atoms with Gasteiger partial charge in [0.25, 0.3) is 0 Å². The lowest BCUT2D eigenvalue weighted by Crippen LogP contribution is -2.54. The molecule has 2 unspecified atom stereocenters. The smallest absolute Gasteiger partial charge is 0.335 e. The van der Waals surface area contributed by atoms with Crippen LogP contribution in [0.25, 0.3) is 0 Å². The molecule has 0 aromatic carbocycles. The average Bonchev–Trinajstić information content (AvgIpc) is 2.78. The van der Waals surface area contributed by atoms with Crippen LogP contribution in [0, 0.1) is 0 Å². The van der Waals surface area contributed by atoms with Gasteiger partial charge in [0.1, 0.15) is 6.61 Å². The minimum absolute atomic E-state index is 0.113. The van der Waals surface area contributed by atoms with Gasteiger partial charge in [-0.1, -0.05) is 6.92 Å². The normalized spacial score (nSPS) is 22.9. The molecular weight excluding hydrogens is 274 g/mol. The first-order valence-corrected chi connectivity index (χ1v) is 7.04. The van der Waals surface area contributed by atoms with Crippen molar-refractivity contribution in [2.45, 2.75) is 45.4 Å². The fourth-order valence-electron chi connectivity index (χ4n) is 2.83. The van der Waals surface area contributed by atoms with Crippen LogP contribution in [0.3, 0.4) is 0 Å². The lowest BCUT2D eigenvalue weighted by Gasteiger charge is -2.41. The zero-order valence-electron chi connectivity index (χ0n) is 12.7. The predicted molar refractivity (Wildman–Crippen MR) is 74.7 cm³/mol. The molecule has 0 spiro atoms. The fraction of sp³-hybridized carbons (Fsp3) is 0.643. The molecule has 1 N–H and O–H groups in total. The third-order valence-corrected chi connectivity index (χ3v) is 3.65. The molecule has 0 saturated carbocycles. The van der Waals surface area contributed by atoms with Crippen molar-refractivity contribution in [2.75, 3.05) is 6.61 Å². The number of nitrogens with zero attached hydrogens (tertiary/aromatic N) is 3. The lowest BCUT2D eigenvalue weighted by atomic mass is 9.96. The minimum atomic E-state index is -1.07. The van der Waals surface area contributed by atoms with Crippen LogP contribution in [-0.4, -0.2) is 50.4 Å². The number of carbonyl (C=O) groups is 2. The molecule has 1 fully saturated rings. The zero-order valence-corrected chi connectivity index (χ0v) is 12.7. The minimum Gasteiger partial charge on any atom is -0.479 e. The first-order valence-electron chi connectivity index (χ1n) is 7.04. The standard InChI is InChI=1S/C14H21N3O4/c1-5-10-9(6-16(4)15-10)12-13(14(19)20)21-7-11(18)17(12)8(2)3/h6,8,12-13H,5,7H2,1-4H3,(H,19,20). The summed E-state index contributed by atoms with van der Waals surface area (Å²) in [6, 6.07) is -0.759. The van der Waals surface area contributed by atoms with E-state index in [0.717, 1.165) is 11.3 Å². The first kappa shape index (κ1) is 15.5. The van der Waals surface area contributed by atoms with Gasteiger partial charge in [0.15, 0.2) is 6.10 Å². The van der Waals surface area contributed by atoms with E-state index in [2.05, 4.69) is 5.10 Å². The van der Waals surface area contributed by atoms with Gasteiger partial charge in [0.2, 0.25) is 5.91 Å². The summed E-state index contributed by atoms with van der Waals surface area (Å²) in [6.07, 6.45) is 1.37. The quantitative estimate of drug-likeness (QED) is 0.885. The molecule has 1 saturated heterocycles. The first-order chi connectivity index (χ1) is 9.86. The molecule has 1 aromatic rings. The molecule has 116 valence electrons. The molecular formula is C14H21N3O4. The SMILES string of the molecule is CCc1nn(C)cc1C1C(C(=O)O)OCC(=O)N1C(C)C. The van der Waals surface area contributed by atoms with Crippen molar-refractivity contribution in [3.8, 4) is 0 Å². The Morgan fingerprint density at radius 2 is 2.24 bits per heavy atom. The van der Waals surface area contributed by atoms with Gasteiger partial charge < -0.3 is 14.7 Å². The summed E-state index contributed by atoms with van der Waals surface area (Å²) in [5.74, 6) is -1.26. The highest BCUT2D eigenvalue weighted by atomic mass is 16.5. The summed E-state index contributed by atoms with van der Waals surface area (Å²) in [4.78, 5) is 25.3. The van der Waals surface area contributed by atoms with Crippen molar-refractivity contribution in [3.63, 3.8) is 0 Å². The van der Waals surface area contributed by atoms with Gasteiger partial charge in [-0.3, -0.25) is 9.48 Å². The van der Waals surface area contributed by atoms with Crippen molar-refractivity contribution in [3.05, 3.63) is 17.5 Å². The number of hydrogen-bond acceptors (Lipinski definition) is 4. The van der Waals surface area contributed by atoms with E-state index >= 15 is 0 Å². The topological polar surface area (TPSA) is 84.7 Å². The van der Waals surface area contributed by atoms with Gasteiger partial charge in [-0.15, -0.1) is 0 Å². The van der Waals surface area contributed by atoms with E-state index in [1.54, 1.807) is 22.8 Å². The van der Waals surface area contributed by atoms with E-state index < -0.39 is 18.1 Å². The van der Waals surface area contributed by atoms with Crippen molar-refractivity contribution in [2.24, 2.45) is 7.05 Å². The van der Waals surface area contributed by atoms with Gasteiger partial charge >= 0.3 is 5.97 Å². The Bertz CT molecular complexity index is 552. The second-order valence-corrected chi connectivity index (χ2v) is 5.47. The van der Waals surface area contributed by atoms with Crippen LogP contribution in [0.2, 0.25) is 0 Å². The Hall–Kier alpha value is -1.89. The summed E-state index contributed by atoms with van der Waals surface area (Å²) in [5.41, 5.74) is 1.53. The Morgan fingerprint density at radius 1 is 1.57 bits per heavy atom. The van der Waals surface area contributed by atoms with Crippen LogP contribution in [0.15, 0.2) is 6.20 Å². The number of rotatable bonds is 4. The second kappa shape index (κ2) is 5.85. The van der Waals surface area contributed by atoms with Crippen molar-refractivity contribution in [1.29, 1.82) is 0 Å². The van der Waals surface area contributed by atoms with Gasteiger partial charge in [-0.25, -0.2) is 4.79 Å². The van der Waals surface area contributed by atoms with Crippen molar-refractivity contribution < 1.29 is 19.4 Å². The lowest BCUT2D eigenvalue weighted by molar-refractivity contribution is -0.175. The van der Waals surface area contributed by atoms with Crippen LogP contribution < -0.4 is 0 Å². The molecule has 0 aliphatic carbocycles. The molecule has 2 heterocycles. The molecule has 1 aliphatic heterocycles. The molecule has 2 atom stereocenters. The summed E-state index contributed by atoms with van der Waals surface area (Å²) in [7, 11) is 1.78. The maximum atomic E-state index is 12.2. The molecule has 7 nitrogen and oxygen atoms in total. The van der Waals surface area contributed by atoms with E-state index in [-0.39, 0.29) is 18.6 Å². The van der Waals surface area contributed by atoms with Crippen LogP contribution in [0.1, 0.15) is 38.1 Å². The van der Waals surface area contributed by atoms with E-state index in [4.69, 9.17) is 4.74 Å². The number of carbonyl (C=O) groups excluding carboxylic acids is 1. The monoisotopic (exact) mass is 295 g/mol. The summed E-state index contributed by atoms with van der Waals surface area (Å²) >= 11 is 0. The third kappa shape index (κ3) is 2.78. The van der Waals surface area contributed by atoms with Crippen LogP contribution >= 0.6 is 0 Å². The highest BCUT2D eigenvalue weighted by Crippen LogP contribution is 2.33. The maximum Gasteiger partial charge on any atom is 0.335 e. The fourth-order valence-corrected chi connectivity index (χ4v) is 2.83. The van der Waals surface area contributed by atoms with Crippen LogP contribution in [0.4, 0.5) is 0 Å². The highest BCUT2D eigenvalue weighted by molar-refractivity contribution is 5.83. The van der Waals surface area contributed by atoms with E-state index in [9.17, 15) is 14.7 Å². The number of amides is 1. The van der Waals surface area contributed by atoms with Gasteiger partial charge in [0, 0.05) is 24.8 Å². The van der Waals surface area contributed by atoms with Gasteiger partial charge in [0.05, 0.1) is 11.7 Å². The summed E-state index contributed by atoms with van der Waals surface area (Å²) in [5, 5.41) is 13.8. The van der Waals surface area contributed by atoms with Crippen molar-refractivity contribution in [1.82, 2.24) is 14.7 Å². The zero-order chi connectivity index (χ0) is 15.7. The summed E-state index contributed by atoms with van der Waals surface area (Å²) in [6.45, 7) is 5.49. The molecule has 0 radical (unpaired) electrons. The Balaban J connectivity index is 2.53. The number of aryl methyl sites for hydroxylation is 2. The maximum absolute atomic E-state index is 12.2. The number of carboxylic acids is 1. The number of hydrogen-bond donors (Lipinski definition) is 1. The van der Waals surface area contributed by atoms with Gasteiger partial charge in [-0.2, -0.15) is 5.10 Å². The highest BCUT2D eigenvalue weighted by Gasteiger charge is 2.44. The van der Waals surface area contributed by atoms with E-state index in [1.165, 1.54) is 0 Å². The molecule has 1 aromatic heterocycles. The molecule has 7 heteroatoms. The second-order valence-electron chi connectivity index (χ2n) is 5.47. The Labute approximate surface area is 123 Å². The summed E-state index contributed by atoms with van der Waals surface area (Å²) < 4.78 is 6.92. The average molecular weight is 295 g/mol. The third-order valence-electron chi connectivity index (χ3n) is 3.65. The van der Waals surface area contributed by atoms with Crippen molar-refractivity contribution >= 4 is 11.9 Å². The number of aromatic nitrogens is 2. The Kier molecular flexibility index (Phi) is 4.32. The molecule has 1 amide bonds. The van der Waals surface area contributed by atoms with E-state index in [1.807, 2.05) is 20.8 Å². The largest absolute Gasteiger partial charge is 0.479 e. The Morgan fingerprint density at radius 3 is 2.76 bits per heavy atom. The number of aliphatic carboxylic acids is 1. The number of morpholine rings is 1. The van der Waals surface area contributed by atoms with Gasteiger partial charge in [-0.05, 0) is 20.3 Å². The predicted octanol–water partition coefficient (Wildman–Crippen LogP) is 0.744. The molecule has 21 heavy (non-hydrogen) atoms. The number of ether oxygens (including phenoxy) is 1. The molecule has 0 bridgehead atoms. The van der Waals surface area contributed by atoms with E-state index in [0.29, 0.717) is 6.42 Å². The van der Waals surface area contributed by atoms with Crippen LogP contribution in [0.5, 0.6) is 0 Å². The molecule has 2 rings (SSSR count). The number of carboxylic acid groups (broad SMARTS) is 1. The van der Waals surface area contributed by atoms with Crippen LogP contribution in [-0.2, 0) is 27.8 Å². The molecule has 1 aliphatic rings.